The van der Waals surface area contributed by atoms with Gasteiger partial charge < -0.3 is 21.3 Å². The smallest absolute Gasteiger partial charge is 0.235 e. The fraction of sp³-hybridized carbons (Fsp3) is 0.424. The van der Waals surface area contributed by atoms with Crippen molar-refractivity contribution in [2.75, 3.05) is 19.4 Å². The lowest BCUT2D eigenvalue weighted by Gasteiger charge is -2.52. The number of hydrogen-bond acceptors (Lipinski definition) is 9. The van der Waals surface area contributed by atoms with Gasteiger partial charge in [-0.25, -0.2) is 0 Å². The number of Topliss-reactive ketones (excluding diaryl/α,β-unsaturated/α-hetero) is 4. The molecule has 224 valence electrons. The first kappa shape index (κ1) is 28.9. The number of nitrogens with two attached hydrogens (primary N) is 1. The summed E-state index contributed by atoms with van der Waals surface area (Å²) in [6.45, 7) is 2.13. The number of aliphatic hydroxyl groups is 1. The number of nitrogens with one attached hydrogen (secondary N) is 1. The number of allylic oxidation sites excluding steroid dienone is 2. The van der Waals surface area contributed by atoms with Gasteiger partial charge in [0.1, 0.15) is 5.75 Å². The minimum Gasteiger partial charge on any atom is -0.507 e. The number of ketones is 4. The number of aromatic hydroxyl groups is 1. The molecular formula is C33H35N3O7. The molecule has 0 bridgehead atoms. The molecule has 0 saturated heterocycles. The van der Waals surface area contributed by atoms with Gasteiger partial charge in [-0.05, 0) is 93.9 Å². The van der Waals surface area contributed by atoms with Crippen LogP contribution in [0, 0.1) is 23.7 Å². The molecule has 2 fully saturated rings. The van der Waals surface area contributed by atoms with Gasteiger partial charge in [0.25, 0.3) is 0 Å². The summed E-state index contributed by atoms with van der Waals surface area (Å²) in [6.07, 6.45) is 3.44. The second kappa shape index (κ2) is 10.2. The molecule has 0 spiro atoms. The second-order valence-electron chi connectivity index (χ2n) is 12.6. The minimum absolute atomic E-state index is 0.0102. The van der Waals surface area contributed by atoms with Crippen LogP contribution in [-0.4, -0.2) is 69.9 Å². The Balaban J connectivity index is 1.39. The fourth-order valence-corrected chi connectivity index (χ4v) is 7.85. The largest absolute Gasteiger partial charge is 0.507 e. The summed E-state index contributed by atoms with van der Waals surface area (Å²) < 4.78 is 0. The lowest BCUT2D eigenvalue weighted by Crippen LogP contribution is -2.74. The first-order valence-corrected chi connectivity index (χ1v) is 14.6. The Morgan fingerprint density at radius 1 is 1.02 bits per heavy atom. The van der Waals surface area contributed by atoms with E-state index in [1.54, 1.807) is 20.2 Å². The highest BCUT2D eigenvalue weighted by atomic mass is 16.3. The lowest BCUT2D eigenvalue weighted by atomic mass is 9.52. The van der Waals surface area contributed by atoms with Crippen molar-refractivity contribution in [2.24, 2.45) is 29.4 Å². The molecule has 6 rings (SSSR count). The summed E-state index contributed by atoms with van der Waals surface area (Å²) in [4.78, 5) is 68.3. The zero-order valence-corrected chi connectivity index (χ0v) is 24.3. The highest BCUT2D eigenvalue weighted by Crippen LogP contribution is 2.51. The van der Waals surface area contributed by atoms with E-state index in [0.29, 0.717) is 5.56 Å². The molecule has 10 heteroatoms. The second-order valence-corrected chi connectivity index (χ2v) is 12.6. The van der Waals surface area contributed by atoms with Crippen molar-refractivity contribution in [3.63, 3.8) is 0 Å². The molecule has 0 heterocycles. The Labute approximate surface area is 248 Å². The number of carbonyl (C=O) groups excluding carboxylic acids is 5. The normalized spacial score (nSPS) is 30.3. The zero-order chi connectivity index (χ0) is 31.0. The molecule has 4 aliphatic rings. The molecule has 2 aromatic carbocycles. The Kier molecular flexibility index (Phi) is 6.89. The standard InChI is InChI=1S/C33H35N3O7/c1-15-5-4-6-22(15)35-18-9-7-16(8-10-18)19-11-12-23(37)25-20(19)13-17-14-21-27(36(2)3)29(39)26(32(34)42)31(41)33(21,43)30(40)24(17)28(25)38/h7-12,17,21,24,26-27,35,37,43H,4-6,13-14H2,1-3H3,(H2,34,42)/t17-,21-,24?,26?,27-,33-/m1/s1. The highest BCUT2D eigenvalue weighted by molar-refractivity contribution is 6.32. The fourth-order valence-electron chi connectivity index (χ4n) is 7.85. The van der Waals surface area contributed by atoms with E-state index in [1.807, 2.05) is 24.3 Å². The van der Waals surface area contributed by atoms with Crippen molar-refractivity contribution in [2.45, 2.75) is 50.7 Å². The lowest BCUT2D eigenvalue weighted by molar-refractivity contribution is -0.181. The Morgan fingerprint density at radius 2 is 1.72 bits per heavy atom. The van der Waals surface area contributed by atoms with Crippen LogP contribution in [0.2, 0.25) is 0 Å². The van der Waals surface area contributed by atoms with E-state index >= 15 is 0 Å². The van der Waals surface area contributed by atoms with Gasteiger partial charge in [0.2, 0.25) is 5.91 Å². The monoisotopic (exact) mass is 585 g/mol. The van der Waals surface area contributed by atoms with E-state index in [1.165, 1.54) is 22.2 Å². The number of likely N-dealkylation sites (N-methyl/N-ethyl adjacent to an activating group) is 1. The molecule has 1 amide bonds. The van der Waals surface area contributed by atoms with Crippen LogP contribution in [-0.2, 0) is 25.6 Å². The van der Waals surface area contributed by atoms with E-state index in [-0.39, 0.29) is 24.2 Å². The summed E-state index contributed by atoms with van der Waals surface area (Å²) >= 11 is 0. The molecule has 0 aromatic heterocycles. The first-order valence-electron chi connectivity index (χ1n) is 14.6. The third-order valence-corrected chi connectivity index (χ3v) is 9.93. The summed E-state index contributed by atoms with van der Waals surface area (Å²) in [5, 5.41) is 26.0. The van der Waals surface area contributed by atoms with Gasteiger partial charge in [0.15, 0.2) is 34.7 Å². The van der Waals surface area contributed by atoms with Gasteiger partial charge in [-0.15, -0.1) is 0 Å². The van der Waals surface area contributed by atoms with Crippen LogP contribution >= 0.6 is 0 Å². The number of hydrogen-bond donors (Lipinski definition) is 4. The van der Waals surface area contributed by atoms with Crippen molar-refractivity contribution in [1.82, 2.24) is 4.90 Å². The van der Waals surface area contributed by atoms with Gasteiger partial charge >= 0.3 is 0 Å². The van der Waals surface area contributed by atoms with Crippen LogP contribution in [0.3, 0.4) is 0 Å². The molecule has 43 heavy (non-hydrogen) atoms. The average molecular weight is 586 g/mol. The molecule has 2 unspecified atom stereocenters. The molecule has 10 nitrogen and oxygen atoms in total. The Morgan fingerprint density at radius 3 is 2.33 bits per heavy atom. The number of anilines is 1. The highest BCUT2D eigenvalue weighted by Gasteiger charge is 2.69. The predicted octanol–water partition coefficient (Wildman–Crippen LogP) is 2.40. The first-order chi connectivity index (χ1) is 20.4. The number of amides is 1. The number of rotatable bonds is 5. The van der Waals surface area contributed by atoms with Crippen LogP contribution in [0.5, 0.6) is 5.75 Å². The number of carbonyl (C=O) groups is 5. The van der Waals surface area contributed by atoms with E-state index in [0.717, 1.165) is 36.1 Å². The van der Waals surface area contributed by atoms with Crippen LogP contribution in [0.4, 0.5) is 5.69 Å². The third-order valence-electron chi connectivity index (χ3n) is 9.93. The quantitative estimate of drug-likeness (QED) is 0.385. The number of phenolic OH excluding ortho intramolecular Hbond substituents is 1. The van der Waals surface area contributed by atoms with Gasteiger partial charge in [0.05, 0.1) is 17.5 Å². The van der Waals surface area contributed by atoms with E-state index in [2.05, 4.69) is 12.2 Å². The SMILES string of the molecule is CC1=C(Nc2ccc(-c3ccc(O)c4c3C[C@@H]3C[C@@H]5[C@@H](N(C)C)C(=O)C(C(N)=O)C(=O)[C@]5(O)C(=O)C3C4=O)cc2)CCC1. The average Bonchev–Trinajstić information content (AvgIpc) is 3.35. The van der Waals surface area contributed by atoms with Crippen molar-refractivity contribution >= 4 is 34.7 Å². The van der Waals surface area contributed by atoms with Gasteiger partial charge in [0, 0.05) is 17.3 Å². The molecule has 4 aliphatic carbocycles. The van der Waals surface area contributed by atoms with Gasteiger partial charge in [-0.3, -0.25) is 28.9 Å². The molecule has 0 radical (unpaired) electrons. The van der Waals surface area contributed by atoms with Crippen molar-refractivity contribution < 1.29 is 34.2 Å². The summed E-state index contributed by atoms with van der Waals surface area (Å²) in [5.41, 5.74) is 8.27. The molecule has 2 aromatic rings. The van der Waals surface area contributed by atoms with Crippen molar-refractivity contribution in [3.05, 3.63) is 58.8 Å². The zero-order valence-electron chi connectivity index (χ0n) is 24.3. The number of benzene rings is 2. The number of primary amides is 1. The number of phenols is 1. The molecule has 6 atom stereocenters. The molecule has 0 aliphatic heterocycles. The predicted molar refractivity (Wildman–Crippen MR) is 157 cm³/mol. The maximum Gasteiger partial charge on any atom is 0.235 e. The van der Waals surface area contributed by atoms with Gasteiger partial charge in [-0.2, -0.15) is 0 Å². The maximum absolute atomic E-state index is 14.0. The van der Waals surface area contributed by atoms with E-state index in [4.69, 9.17) is 5.73 Å². The Hall–Kier alpha value is -4.15. The van der Waals surface area contributed by atoms with Crippen molar-refractivity contribution in [1.29, 1.82) is 0 Å². The van der Waals surface area contributed by atoms with Crippen molar-refractivity contribution in [3.8, 4) is 16.9 Å². The molecule has 2 saturated carbocycles. The molecular weight excluding hydrogens is 550 g/mol. The van der Waals surface area contributed by atoms with E-state index < -0.39 is 64.4 Å². The summed E-state index contributed by atoms with van der Waals surface area (Å²) in [6, 6.07) is 9.80. The van der Waals surface area contributed by atoms with Crippen LogP contribution in [0.1, 0.15) is 48.5 Å². The van der Waals surface area contributed by atoms with Crippen LogP contribution in [0.25, 0.3) is 11.1 Å². The minimum atomic E-state index is -2.74. The number of fused-ring (bicyclic) bond motifs is 3. The summed E-state index contributed by atoms with van der Waals surface area (Å²) in [7, 11) is 3.13. The van der Waals surface area contributed by atoms with Crippen LogP contribution < -0.4 is 11.1 Å². The Bertz CT molecular complexity index is 1630. The topological polar surface area (TPSA) is 167 Å². The molecule has 5 N–H and O–H groups in total. The van der Waals surface area contributed by atoms with E-state index in [9.17, 15) is 34.2 Å². The summed E-state index contributed by atoms with van der Waals surface area (Å²) in [5.74, 6) is -10.5. The number of nitrogens with zero attached hydrogens (tertiary/aromatic N) is 1. The van der Waals surface area contributed by atoms with Crippen LogP contribution in [0.15, 0.2) is 47.7 Å². The third kappa shape index (κ3) is 4.26. The van der Waals surface area contributed by atoms with Gasteiger partial charge in [-0.1, -0.05) is 23.8 Å². The maximum atomic E-state index is 14.0.